The lowest BCUT2D eigenvalue weighted by molar-refractivity contribution is 1.59. The van der Waals surface area contributed by atoms with Gasteiger partial charge in [-0.3, -0.25) is 0 Å². The molecule has 0 heterocycles. The molecule has 0 amide bonds. The van der Waals surface area contributed by atoms with Crippen LogP contribution in [-0.4, -0.2) is 0 Å². The molecule has 0 spiro atoms. The Labute approximate surface area is 325 Å². The van der Waals surface area contributed by atoms with E-state index in [1.54, 1.807) is 0 Å². The zero-order valence-electron chi connectivity index (χ0n) is 30.5. The third-order valence-corrected chi connectivity index (χ3v) is 12.5. The molecule has 55 heavy (non-hydrogen) atoms. The highest BCUT2D eigenvalue weighted by Gasteiger charge is 2.23. The number of hydrogen-bond donors (Lipinski definition) is 0. The van der Waals surface area contributed by atoms with Crippen molar-refractivity contribution in [3.63, 3.8) is 0 Å². The smallest absolute Gasteiger partial charge is 0.0133 e. The topological polar surface area (TPSA) is 0 Å². The van der Waals surface area contributed by atoms with Crippen molar-refractivity contribution in [3.8, 4) is 66.8 Å². The first-order chi connectivity index (χ1) is 27.2. The highest BCUT2D eigenvalue weighted by atomic mass is 31.1. The second kappa shape index (κ2) is 15.8. The van der Waals surface area contributed by atoms with E-state index in [4.69, 9.17) is 0 Å². The van der Waals surface area contributed by atoms with Crippen LogP contribution in [0.15, 0.2) is 237 Å². The maximum Gasteiger partial charge on any atom is -0.0133 e. The third kappa shape index (κ3) is 7.60. The standard InChI is InChI=1S/C54H39P/c1-7-19-40(20-8-1)46-31-47(41-21-9-2-10-22-41)35-52(34-46)55(53-36-48(42-23-11-3-12-24-42)32-49(37-53)43-25-13-4-14-26-43)54-38-50(44-27-15-5-16-28-44)33-51(39-54)45-29-17-6-18-30-45/h1-39H. The number of benzene rings is 9. The van der Waals surface area contributed by atoms with E-state index in [2.05, 4.69) is 237 Å². The van der Waals surface area contributed by atoms with Crippen LogP contribution in [0.1, 0.15) is 0 Å². The molecule has 0 nitrogen and oxygen atoms in total. The molecule has 260 valence electrons. The Morgan fingerprint density at radius 1 is 0.164 bits per heavy atom. The van der Waals surface area contributed by atoms with Crippen molar-refractivity contribution in [3.05, 3.63) is 237 Å². The molecule has 0 unspecified atom stereocenters. The molecule has 0 aliphatic carbocycles. The van der Waals surface area contributed by atoms with Crippen molar-refractivity contribution < 1.29 is 0 Å². The van der Waals surface area contributed by atoms with Crippen LogP contribution < -0.4 is 15.9 Å². The Balaban J connectivity index is 1.36. The summed E-state index contributed by atoms with van der Waals surface area (Å²) in [7, 11) is -1.09. The van der Waals surface area contributed by atoms with Crippen molar-refractivity contribution in [2.75, 3.05) is 0 Å². The summed E-state index contributed by atoms with van der Waals surface area (Å²) in [6.07, 6.45) is 0. The molecule has 0 N–H and O–H groups in total. The van der Waals surface area contributed by atoms with Gasteiger partial charge in [-0.25, -0.2) is 0 Å². The molecular formula is C54H39P. The van der Waals surface area contributed by atoms with E-state index in [0.717, 1.165) is 0 Å². The van der Waals surface area contributed by atoms with Crippen LogP contribution in [-0.2, 0) is 0 Å². The van der Waals surface area contributed by atoms with E-state index >= 15 is 0 Å². The van der Waals surface area contributed by atoms with Gasteiger partial charge in [0.1, 0.15) is 0 Å². The minimum absolute atomic E-state index is 1.09. The second-order valence-electron chi connectivity index (χ2n) is 13.8. The predicted molar refractivity (Wildman–Crippen MR) is 238 cm³/mol. The van der Waals surface area contributed by atoms with Crippen LogP contribution in [0.5, 0.6) is 0 Å². The lowest BCUT2D eigenvalue weighted by Gasteiger charge is -2.25. The molecular weight excluding hydrogens is 680 g/mol. The second-order valence-corrected chi connectivity index (χ2v) is 16.1. The fraction of sp³-hybridized carbons (Fsp3) is 0. The van der Waals surface area contributed by atoms with Crippen molar-refractivity contribution in [1.29, 1.82) is 0 Å². The lowest BCUT2D eigenvalue weighted by atomic mass is 9.99. The Kier molecular flexibility index (Phi) is 9.82. The van der Waals surface area contributed by atoms with Gasteiger partial charge in [0.15, 0.2) is 0 Å². The Hall–Kier alpha value is -6.59. The summed E-state index contributed by atoms with van der Waals surface area (Å²) in [6, 6.07) is 86.7. The van der Waals surface area contributed by atoms with Gasteiger partial charge in [-0.05, 0) is 145 Å². The average Bonchev–Trinajstić information content (AvgIpc) is 3.28. The SMILES string of the molecule is c1ccc(-c2cc(-c3ccccc3)cc(P(c3cc(-c4ccccc4)cc(-c4ccccc4)c3)c3cc(-c4ccccc4)cc(-c4ccccc4)c3)c2)cc1. The minimum atomic E-state index is -1.09. The Morgan fingerprint density at radius 2 is 0.327 bits per heavy atom. The van der Waals surface area contributed by atoms with E-state index in [-0.39, 0.29) is 0 Å². The van der Waals surface area contributed by atoms with Gasteiger partial charge in [0.2, 0.25) is 0 Å². The van der Waals surface area contributed by atoms with Gasteiger partial charge in [0.25, 0.3) is 0 Å². The molecule has 9 aromatic rings. The highest BCUT2D eigenvalue weighted by molar-refractivity contribution is 7.79. The zero-order chi connectivity index (χ0) is 36.8. The fourth-order valence-corrected chi connectivity index (χ4v) is 9.96. The van der Waals surface area contributed by atoms with Crippen molar-refractivity contribution >= 4 is 23.8 Å². The first-order valence-corrected chi connectivity index (χ1v) is 20.2. The normalized spacial score (nSPS) is 11.1. The molecule has 0 radical (unpaired) electrons. The monoisotopic (exact) mass is 718 g/mol. The lowest BCUT2D eigenvalue weighted by Crippen LogP contribution is -2.22. The molecule has 0 aliphatic rings. The Morgan fingerprint density at radius 3 is 0.491 bits per heavy atom. The average molecular weight is 719 g/mol. The van der Waals surface area contributed by atoms with Gasteiger partial charge < -0.3 is 0 Å². The van der Waals surface area contributed by atoms with E-state index in [0.29, 0.717) is 0 Å². The van der Waals surface area contributed by atoms with Gasteiger partial charge >= 0.3 is 0 Å². The molecule has 0 saturated carbocycles. The van der Waals surface area contributed by atoms with Crippen LogP contribution >= 0.6 is 7.92 Å². The van der Waals surface area contributed by atoms with Crippen LogP contribution in [0.3, 0.4) is 0 Å². The quantitative estimate of drug-likeness (QED) is 0.130. The summed E-state index contributed by atoms with van der Waals surface area (Å²) in [6.45, 7) is 0. The van der Waals surface area contributed by atoms with Gasteiger partial charge in [-0.15, -0.1) is 0 Å². The third-order valence-electron chi connectivity index (χ3n) is 10.2. The van der Waals surface area contributed by atoms with E-state index < -0.39 is 7.92 Å². The summed E-state index contributed by atoms with van der Waals surface area (Å²) in [5.41, 5.74) is 14.6. The molecule has 0 saturated heterocycles. The van der Waals surface area contributed by atoms with Gasteiger partial charge in [0.05, 0.1) is 0 Å². The molecule has 0 bridgehead atoms. The van der Waals surface area contributed by atoms with Crippen LogP contribution in [0.2, 0.25) is 0 Å². The maximum absolute atomic E-state index is 2.45. The summed E-state index contributed by atoms with van der Waals surface area (Å²) in [4.78, 5) is 0. The molecule has 0 fully saturated rings. The fourth-order valence-electron chi connectivity index (χ4n) is 7.45. The van der Waals surface area contributed by atoms with Crippen molar-refractivity contribution in [2.45, 2.75) is 0 Å². The predicted octanol–water partition coefficient (Wildman–Crippen LogP) is 13.4. The highest BCUT2D eigenvalue weighted by Crippen LogP contribution is 2.41. The molecule has 1 heteroatoms. The Bertz CT molecular complexity index is 2180. The summed E-state index contributed by atoms with van der Waals surface area (Å²) < 4.78 is 0. The first-order valence-electron chi connectivity index (χ1n) is 18.8. The molecule has 0 atom stereocenters. The van der Waals surface area contributed by atoms with Crippen LogP contribution in [0.25, 0.3) is 66.8 Å². The largest absolute Gasteiger partial charge is 0.0622 e. The van der Waals surface area contributed by atoms with E-state index in [1.807, 2.05) is 0 Å². The number of hydrogen-bond acceptors (Lipinski definition) is 0. The molecule has 0 aromatic heterocycles. The summed E-state index contributed by atoms with van der Waals surface area (Å²) >= 11 is 0. The van der Waals surface area contributed by atoms with Crippen molar-refractivity contribution in [1.82, 2.24) is 0 Å². The minimum Gasteiger partial charge on any atom is -0.0622 e. The molecule has 9 rings (SSSR count). The van der Waals surface area contributed by atoms with Crippen LogP contribution in [0.4, 0.5) is 0 Å². The van der Waals surface area contributed by atoms with E-state index in [9.17, 15) is 0 Å². The van der Waals surface area contributed by atoms with Gasteiger partial charge in [-0.1, -0.05) is 182 Å². The molecule has 0 aliphatic heterocycles. The zero-order valence-corrected chi connectivity index (χ0v) is 31.4. The molecule has 9 aromatic carbocycles. The van der Waals surface area contributed by atoms with E-state index in [1.165, 1.54) is 82.7 Å². The first kappa shape index (κ1) is 34.2. The van der Waals surface area contributed by atoms with Crippen molar-refractivity contribution in [2.24, 2.45) is 0 Å². The van der Waals surface area contributed by atoms with Crippen LogP contribution in [0, 0.1) is 0 Å². The van der Waals surface area contributed by atoms with Gasteiger partial charge in [-0.2, -0.15) is 0 Å². The number of rotatable bonds is 9. The van der Waals surface area contributed by atoms with Gasteiger partial charge in [0, 0.05) is 0 Å². The maximum atomic E-state index is 2.45. The summed E-state index contributed by atoms with van der Waals surface area (Å²) in [5.74, 6) is 0. The summed E-state index contributed by atoms with van der Waals surface area (Å²) in [5, 5.41) is 3.93.